The van der Waals surface area contributed by atoms with E-state index in [1.54, 1.807) is 6.92 Å². The molecular weight excluding hydrogens is 630 g/mol. The summed E-state index contributed by atoms with van der Waals surface area (Å²) in [5, 5.41) is 32.5. The van der Waals surface area contributed by atoms with Gasteiger partial charge in [0.2, 0.25) is 11.8 Å². The van der Waals surface area contributed by atoms with Crippen molar-refractivity contribution >= 4 is 11.7 Å². The molecule has 0 aromatic heterocycles. The molecule has 0 aromatic carbocycles. The van der Waals surface area contributed by atoms with Gasteiger partial charge in [-0.05, 0) is 19.8 Å². The molecule has 9 heteroatoms. The average molecular weight is 712 g/mol. The maximum absolute atomic E-state index is 13.7. The van der Waals surface area contributed by atoms with Crippen LogP contribution in [-0.2, 0) is 14.3 Å². The lowest BCUT2D eigenvalue weighted by Gasteiger charge is -2.51. The van der Waals surface area contributed by atoms with Gasteiger partial charge in [-0.2, -0.15) is 0 Å². The number of aliphatic hydroxyl groups excluding tert-OH is 3. The lowest BCUT2D eigenvalue weighted by Crippen LogP contribution is -2.76. The smallest absolute Gasteiger partial charge is 0.227 e. The van der Waals surface area contributed by atoms with Gasteiger partial charge in [-0.1, -0.05) is 174 Å². The molecular formula is C41H81N3O6. The number of amides is 1. The first-order valence-electron chi connectivity index (χ1n) is 21.2. The van der Waals surface area contributed by atoms with Crippen LogP contribution < -0.4 is 11.5 Å². The fraction of sp³-hybridized carbons (Fsp3) is 0.951. The molecule has 9 nitrogen and oxygen atoms in total. The Morgan fingerprint density at radius 1 is 0.620 bits per heavy atom. The summed E-state index contributed by atoms with van der Waals surface area (Å²) < 4.78 is 6.01. The highest BCUT2D eigenvalue weighted by atomic mass is 16.6. The minimum Gasteiger partial charge on any atom is -0.388 e. The molecule has 0 spiro atoms. The maximum atomic E-state index is 13.7. The van der Waals surface area contributed by atoms with Gasteiger partial charge in [0.25, 0.3) is 0 Å². The van der Waals surface area contributed by atoms with Crippen molar-refractivity contribution < 1.29 is 29.6 Å². The number of nitrogens with zero attached hydrogens (tertiary/aromatic N) is 1. The van der Waals surface area contributed by atoms with Crippen LogP contribution in [0, 0.1) is 0 Å². The van der Waals surface area contributed by atoms with Crippen LogP contribution in [-0.4, -0.2) is 74.8 Å². The summed E-state index contributed by atoms with van der Waals surface area (Å²) in [5.74, 6) is -2.67. The van der Waals surface area contributed by atoms with E-state index in [2.05, 4.69) is 13.8 Å². The van der Waals surface area contributed by atoms with Crippen molar-refractivity contribution in [2.45, 2.75) is 243 Å². The van der Waals surface area contributed by atoms with E-state index in [1.807, 2.05) is 0 Å². The predicted molar refractivity (Wildman–Crippen MR) is 205 cm³/mol. The summed E-state index contributed by atoms with van der Waals surface area (Å²) >= 11 is 0. The van der Waals surface area contributed by atoms with Crippen LogP contribution in [0.3, 0.4) is 0 Å². The first kappa shape index (κ1) is 46.9. The monoisotopic (exact) mass is 712 g/mol. The van der Waals surface area contributed by atoms with Crippen LogP contribution in [0.15, 0.2) is 0 Å². The van der Waals surface area contributed by atoms with E-state index in [-0.39, 0.29) is 31.1 Å². The Bertz CT molecular complexity index is 845. The van der Waals surface area contributed by atoms with Crippen molar-refractivity contribution in [3.63, 3.8) is 0 Å². The molecule has 1 heterocycles. The Hall–Kier alpha value is -1.10. The zero-order valence-electron chi connectivity index (χ0n) is 32.8. The number of unbranched alkanes of at least 4 members (excludes halogenated alkanes) is 25. The molecule has 0 aromatic rings. The lowest BCUT2D eigenvalue weighted by atomic mass is 9.90. The summed E-state index contributed by atoms with van der Waals surface area (Å²) in [7, 11) is 0. The van der Waals surface area contributed by atoms with Crippen molar-refractivity contribution in [3.05, 3.63) is 0 Å². The SMILES string of the molecule is CCCCCCCCCCCCCCCCCC(=O)N(CCCCCCCCCCCCCC)[C@]1(N)O[C@H](CC(=O)[C@H](C)N)[C@@H](O)[C@H](O)[C@H]1O. The van der Waals surface area contributed by atoms with Crippen LogP contribution in [0.1, 0.15) is 207 Å². The second kappa shape index (κ2) is 29.4. The van der Waals surface area contributed by atoms with Gasteiger partial charge in [0.05, 0.1) is 12.1 Å². The average Bonchev–Trinajstić information content (AvgIpc) is 3.09. The summed E-state index contributed by atoms with van der Waals surface area (Å²) in [5.41, 5.74) is 12.4. The van der Waals surface area contributed by atoms with Gasteiger partial charge in [-0.25, -0.2) is 0 Å². The van der Waals surface area contributed by atoms with Crippen LogP contribution in [0.5, 0.6) is 0 Å². The molecule has 1 rings (SSSR count). The Labute approximate surface area is 307 Å². The largest absolute Gasteiger partial charge is 0.388 e. The third kappa shape index (κ3) is 19.7. The Morgan fingerprint density at radius 2 is 0.980 bits per heavy atom. The van der Waals surface area contributed by atoms with Gasteiger partial charge in [0.15, 0.2) is 5.78 Å². The van der Waals surface area contributed by atoms with E-state index >= 15 is 0 Å². The first-order chi connectivity index (χ1) is 24.1. The van der Waals surface area contributed by atoms with Gasteiger partial charge in [-0.3, -0.25) is 20.2 Å². The highest BCUT2D eigenvalue weighted by Gasteiger charge is 2.56. The van der Waals surface area contributed by atoms with E-state index in [9.17, 15) is 24.9 Å². The molecule has 1 fully saturated rings. The molecule has 1 amide bonds. The zero-order chi connectivity index (χ0) is 37.0. The summed E-state index contributed by atoms with van der Waals surface area (Å²) in [6, 6.07) is -0.786. The molecule has 7 N–H and O–H groups in total. The Kier molecular flexibility index (Phi) is 27.6. The number of hydrogen-bond acceptors (Lipinski definition) is 8. The number of carbonyl (C=O) groups is 2. The molecule has 0 aliphatic carbocycles. The fourth-order valence-electron chi connectivity index (χ4n) is 7.19. The van der Waals surface area contributed by atoms with Crippen molar-refractivity contribution in [1.29, 1.82) is 0 Å². The number of ether oxygens (including phenoxy) is 1. The molecule has 296 valence electrons. The first-order valence-corrected chi connectivity index (χ1v) is 21.2. The molecule has 0 radical (unpaired) electrons. The zero-order valence-corrected chi connectivity index (χ0v) is 32.8. The minimum absolute atomic E-state index is 0.245. The van der Waals surface area contributed by atoms with Crippen LogP contribution in [0.4, 0.5) is 0 Å². The summed E-state index contributed by atoms with van der Waals surface area (Å²) in [6.07, 6.45) is 26.5. The van der Waals surface area contributed by atoms with Gasteiger partial charge < -0.3 is 25.8 Å². The number of hydrogen-bond donors (Lipinski definition) is 5. The van der Waals surface area contributed by atoms with Crippen LogP contribution in [0.25, 0.3) is 0 Å². The predicted octanol–water partition coefficient (Wildman–Crippen LogP) is 8.18. The number of ketones is 1. The molecule has 1 saturated heterocycles. The number of carbonyl (C=O) groups excluding carboxylic acids is 2. The number of nitrogens with two attached hydrogens (primary N) is 2. The van der Waals surface area contributed by atoms with Crippen LogP contribution >= 0.6 is 0 Å². The summed E-state index contributed by atoms with van der Waals surface area (Å²) in [6.45, 7) is 6.30. The fourth-order valence-corrected chi connectivity index (χ4v) is 7.19. The molecule has 0 saturated carbocycles. The van der Waals surface area contributed by atoms with E-state index < -0.39 is 36.3 Å². The molecule has 0 bridgehead atoms. The second-order valence-corrected chi connectivity index (χ2v) is 15.4. The lowest BCUT2D eigenvalue weighted by molar-refractivity contribution is -0.309. The maximum Gasteiger partial charge on any atom is 0.227 e. The van der Waals surface area contributed by atoms with Crippen molar-refractivity contribution in [2.75, 3.05) is 6.54 Å². The Morgan fingerprint density at radius 3 is 1.36 bits per heavy atom. The third-order valence-corrected chi connectivity index (χ3v) is 10.7. The minimum atomic E-state index is -2.06. The van der Waals surface area contributed by atoms with Gasteiger partial charge in [0.1, 0.15) is 18.3 Å². The number of rotatable bonds is 33. The molecule has 6 atom stereocenters. The number of Topliss-reactive ketones (excluding diaryl/α,β-unsaturated/α-hetero) is 1. The molecule has 1 aliphatic rings. The van der Waals surface area contributed by atoms with Gasteiger partial charge >= 0.3 is 0 Å². The quantitative estimate of drug-likeness (QED) is 0.0337. The van der Waals surface area contributed by atoms with Crippen molar-refractivity contribution in [2.24, 2.45) is 11.5 Å². The third-order valence-electron chi connectivity index (χ3n) is 10.7. The van der Waals surface area contributed by atoms with Gasteiger partial charge in [0, 0.05) is 19.4 Å². The topological polar surface area (TPSA) is 159 Å². The van der Waals surface area contributed by atoms with E-state index in [1.165, 1.54) is 127 Å². The standard InChI is InChI=1S/C41H81N3O6/c1-4-6-8-10-12-14-16-18-19-20-21-23-25-27-29-31-37(46)44(32-30-28-26-24-22-17-15-13-11-9-7-5-2)41(43)40(49)39(48)38(47)36(50-41)33-35(45)34(3)42/h34,36,38-40,47-49H,4-33,42-43H2,1-3H3/t34-,36+,38+,39-,40+,41-/m0/s1. The molecule has 50 heavy (non-hydrogen) atoms. The normalized spacial score (nSPS) is 22.9. The van der Waals surface area contributed by atoms with Crippen molar-refractivity contribution in [1.82, 2.24) is 4.90 Å². The second-order valence-electron chi connectivity index (χ2n) is 15.4. The summed E-state index contributed by atoms with van der Waals surface area (Å²) in [4.78, 5) is 27.5. The Balaban J connectivity index is 2.58. The van der Waals surface area contributed by atoms with Crippen LogP contribution in [0.2, 0.25) is 0 Å². The van der Waals surface area contributed by atoms with E-state index in [0.29, 0.717) is 12.8 Å². The molecule has 0 unspecified atom stereocenters. The van der Waals surface area contributed by atoms with E-state index in [0.717, 1.165) is 38.5 Å². The molecule has 1 aliphatic heterocycles. The highest BCUT2D eigenvalue weighted by molar-refractivity contribution is 5.83. The van der Waals surface area contributed by atoms with Crippen molar-refractivity contribution in [3.8, 4) is 0 Å². The van der Waals surface area contributed by atoms with E-state index in [4.69, 9.17) is 16.2 Å². The highest BCUT2D eigenvalue weighted by Crippen LogP contribution is 2.32. The van der Waals surface area contributed by atoms with Gasteiger partial charge in [-0.15, -0.1) is 0 Å². The number of aliphatic hydroxyl groups is 3.